The van der Waals surface area contributed by atoms with E-state index in [4.69, 9.17) is 9.47 Å². The first-order valence-corrected chi connectivity index (χ1v) is 15.5. The Morgan fingerprint density at radius 2 is 1.71 bits per heavy atom. The van der Waals surface area contributed by atoms with E-state index in [1.807, 2.05) is 47.2 Å². The zero-order valence-corrected chi connectivity index (χ0v) is 25.6. The quantitative estimate of drug-likeness (QED) is 0.289. The highest BCUT2D eigenvalue weighted by Crippen LogP contribution is 2.31. The van der Waals surface area contributed by atoms with Gasteiger partial charge in [-0.3, -0.25) is 14.4 Å². The summed E-state index contributed by atoms with van der Waals surface area (Å²) in [5.41, 5.74) is 3.92. The third-order valence-corrected chi connectivity index (χ3v) is 7.33. The van der Waals surface area contributed by atoms with Gasteiger partial charge >= 0.3 is 0 Å². The van der Waals surface area contributed by atoms with Crippen molar-refractivity contribution >= 4 is 15.9 Å². The summed E-state index contributed by atoms with van der Waals surface area (Å²) >= 11 is 0. The number of rotatable bonds is 13. The van der Waals surface area contributed by atoms with Crippen LogP contribution in [0.3, 0.4) is 0 Å². The van der Waals surface area contributed by atoms with E-state index in [1.165, 1.54) is 13.3 Å². The summed E-state index contributed by atoms with van der Waals surface area (Å²) < 4.78 is 51.1. The van der Waals surface area contributed by atoms with Crippen LogP contribution in [-0.2, 0) is 34.4 Å². The monoisotopic (exact) mass is 585 g/mol. The van der Waals surface area contributed by atoms with Crippen LogP contribution in [0.1, 0.15) is 51.3 Å². The van der Waals surface area contributed by atoms with Crippen LogP contribution in [0.25, 0.3) is 11.1 Å². The number of carbonyl (C=O) groups excluding carboxylic acids is 1. The molecule has 0 bridgehead atoms. The number of methoxy groups -OCH3 is 1. The Kier molecular flexibility index (Phi) is 10.9. The fourth-order valence-corrected chi connectivity index (χ4v) is 5.25. The fourth-order valence-electron chi connectivity index (χ4n) is 4.68. The minimum atomic E-state index is -3.61. The van der Waals surface area contributed by atoms with Crippen LogP contribution in [0.4, 0.5) is 4.39 Å². The highest BCUT2D eigenvalue weighted by atomic mass is 32.2. The fraction of sp³-hybridized carbons (Fsp3) is 0.419. The third kappa shape index (κ3) is 9.26. The molecule has 1 atom stereocenters. The smallest absolute Gasteiger partial charge is 0.236 e. The second-order valence-electron chi connectivity index (χ2n) is 10.8. The molecule has 0 aliphatic rings. The highest BCUT2D eigenvalue weighted by molar-refractivity contribution is 7.89. The van der Waals surface area contributed by atoms with Gasteiger partial charge in [0.25, 0.3) is 0 Å². The van der Waals surface area contributed by atoms with Crippen LogP contribution < -0.4 is 14.2 Å². The molecule has 0 aliphatic carbocycles. The Morgan fingerprint density at radius 3 is 2.34 bits per heavy atom. The zero-order valence-electron chi connectivity index (χ0n) is 24.8. The van der Waals surface area contributed by atoms with E-state index >= 15 is 0 Å². The molecule has 3 rings (SSSR count). The van der Waals surface area contributed by atoms with E-state index in [-0.39, 0.29) is 18.7 Å². The molecular formula is C31H40FN3O5S. The Morgan fingerprint density at radius 1 is 1.00 bits per heavy atom. The molecule has 0 saturated heterocycles. The van der Waals surface area contributed by atoms with Crippen LogP contribution >= 0.6 is 0 Å². The lowest BCUT2D eigenvalue weighted by atomic mass is 9.96. The molecule has 0 fully saturated rings. The normalized spacial score (nSPS) is 12.6. The molecule has 8 nitrogen and oxygen atoms in total. The average molecular weight is 586 g/mol. The van der Waals surface area contributed by atoms with Gasteiger partial charge in [0, 0.05) is 36.2 Å². The first-order chi connectivity index (χ1) is 19.3. The molecule has 3 aromatic rings. The minimum absolute atomic E-state index is 0.282. The number of ether oxygens (including phenoxy) is 2. The van der Waals surface area contributed by atoms with Gasteiger partial charge in [0.1, 0.15) is 18.2 Å². The van der Waals surface area contributed by atoms with Crippen molar-refractivity contribution in [1.82, 2.24) is 14.6 Å². The van der Waals surface area contributed by atoms with Gasteiger partial charge in [0.2, 0.25) is 21.8 Å². The Labute approximate surface area is 242 Å². The predicted molar refractivity (Wildman–Crippen MR) is 159 cm³/mol. The third-order valence-electron chi connectivity index (χ3n) is 6.76. The molecule has 1 aromatic heterocycles. The minimum Gasteiger partial charge on any atom is -0.489 e. The summed E-state index contributed by atoms with van der Waals surface area (Å²) in [5.74, 6) is -0.543. The largest absolute Gasteiger partial charge is 0.489 e. The molecule has 0 aliphatic heterocycles. The maximum absolute atomic E-state index is 14.9. The zero-order chi connectivity index (χ0) is 30.3. The number of aromatic nitrogens is 1. The first kappa shape index (κ1) is 32.0. The van der Waals surface area contributed by atoms with Crippen LogP contribution in [0.5, 0.6) is 11.6 Å². The summed E-state index contributed by atoms with van der Waals surface area (Å²) in [5, 5.41) is 0. The molecule has 1 unspecified atom stereocenters. The first-order valence-electron chi connectivity index (χ1n) is 13.6. The number of hydrogen-bond acceptors (Lipinski definition) is 7. The second kappa shape index (κ2) is 13.9. The van der Waals surface area contributed by atoms with Gasteiger partial charge in [-0.2, -0.15) is 0 Å². The van der Waals surface area contributed by atoms with E-state index in [1.54, 1.807) is 13.0 Å². The molecule has 2 aromatic carbocycles. The second-order valence-corrected chi connectivity index (χ2v) is 12.6. The number of benzene rings is 2. The van der Waals surface area contributed by atoms with Crippen molar-refractivity contribution in [1.29, 1.82) is 0 Å². The lowest BCUT2D eigenvalue weighted by molar-refractivity contribution is -0.122. The van der Waals surface area contributed by atoms with Crippen molar-refractivity contribution in [2.45, 2.75) is 66.3 Å². The molecule has 0 spiro atoms. The SMILES string of the molecule is COc1cc(-c2ccc(COc3cccc(CC(C)C(=O)NS(C)(=O)=O)c3)cc2CN(C(C)C)C(C)C)c(F)cn1. The summed E-state index contributed by atoms with van der Waals surface area (Å²) in [6.45, 7) is 11.1. The van der Waals surface area contributed by atoms with Crippen molar-refractivity contribution in [3.8, 4) is 22.8 Å². The van der Waals surface area contributed by atoms with Crippen molar-refractivity contribution < 1.29 is 27.1 Å². The lowest BCUT2D eigenvalue weighted by Crippen LogP contribution is -2.36. The summed E-state index contributed by atoms with van der Waals surface area (Å²) in [7, 11) is -2.11. The summed E-state index contributed by atoms with van der Waals surface area (Å²) in [4.78, 5) is 18.5. The Hall–Kier alpha value is -3.50. The number of hydrogen-bond donors (Lipinski definition) is 1. The number of nitrogens with zero attached hydrogens (tertiary/aromatic N) is 2. The maximum atomic E-state index is 14.9. The predicted octanol–water partition coefficient (Wildman–Crippen LogP) is 5.35. The lowest BCUT2D eigenvalue weighted by Gasteiger charge is -2.31. The topological polar surface area (TPSA) is 97.8 Å². The molecule has 1 N–H and O–H groups in total. The summed E-state index contributed by atoms with van der Waals surface area (Å²) in [6.07, 6.45) is 2.49. The van der Waals surface area contributed by atoms with Gasteiger partial charge in [-0.15, -0.1) is 0 Å². The van der Waals surface area contributed by atoms with E-state index in [2.05, 4.69) is 37.6 Å². The van der Waals surface area contributed by atoms with Gasteiger partial charge in [-0.05, 0) is 68.5 Å². The number of halogens is 1. The summed E-state index contributed by atoms with van der Waals surface area (Å²) in [6, 6.07) is 15.4. The van der Waals surface area contributed by atoms with Gasteiger partial charge < -0.3 is 9.47 Å². The van der Waals surface area contributed by atoms with Gasteiger partial charge in [0.15, 0.2) is 0 Å². The van der Waals surface area contributed by atoms with Crippen LogP contribution in [0.2, 0.25) is 0 Å². The number of pyridine rings is 1. The van der Waals surface area contributed by atoms with Crippen molar-refractivity contribution in [3.05, 3.63) is 77.2 Å². The molecule has 0 saturated carbocycles. The maximum Gasteiger partial charge on any atom is 0.236 e. The van der Waals surface area contributed by atoms with Crippen molar-refractivity contribution in [2.24, 2.45) is 5.92 Å². The van der Waals surface area contributed by atoms with Crippen LogP contribution in [0, 0.1) is 11.7 Å². The Balaban J connectivity index is 1.85. The number of sulfonamides is 1. The number of carbonyl (C=O) groups is 1. The van der Waals surface area contributed by atoms with E-state index < -0.39 is 27.7 Å². The van der Waals surface area contributed by atoms with E-state index in [9.17, 15) is 17.6 Å². The average Bonchev–Trinajstić information content (AvgIpc) is 2.90. The number of amides is 1. The van der Waals surface area contributed by atoms with Gasteiger partial charge in [-0.25, -0.2) is 17.8 Å². The van der Waals surface area contributed by atoms with E-state index in [0.717, 1.165) is 28.5 Å². The molecule has 41 heavy (non-hydrogen) atoms. The van der Waals surface area contributed by atoms with Crippen LogP contribution in [0.15, 0.2) is 54.7 Å². The van der Waals surface area contributed by atoms with Gasteiger partial charge in [-0.1, -0.05) is 37.3 Å². The molecule has 10 heteroatoms. The van der Waals surface area contributed by atoms with E-state index in [0.29, 0.717) is 30.2 Å². The molecule has 222 valence electrons. The number of nitrogens with one attached hydrogen (secondary N) is 1. The standard InChI is InChI=1S/C31H40FN3O5S/c1-20(2)35(21(3)4)18-25-14-24(11-12-27(25)28-16-30(39-6)33-17-29(28)32)19-40-26-10-8-9-23(15-26)13-22(5)31(36)34-41(7,37)38/h8-12,14-17,20-22H,13,18-19H2,1-7H3,(H,34,36). The van der Waals surface area contributed by atoms with Crippen molar-refractivity contribution in [3.63, 3.8) is 0 Å². The van der Waals surface area contributed by atoms with Crippen LogP contribution in [-0.4, -0.2) is 49.7 Å². The molecule has 0 radical (unpaired) electrons. The Bertz CT molecular complexity index is 1450. The molecule has 1 heterocycles. The highest BCUT2D eigenvalue weighted by Gasteiger charge is 2.20. The van der Waals surface area contributed by atoms with Gasteiger partial charge in [0.05, 0.1) is 19.6 Å². The molecule has 1 amide bonds. The molecular weight excluding hydrogens is 545 g/mol. The van der Waals surface area contributed by atoms with Crippen molar-refractivity contribution in [2.75, 3.05) is 13.4 Å².